The Hall–Kier alpha value is -1.63. The number of nitrogens with two attached hydrogens (primary N) is 1. The van der Waals surface area contributed by atoms with Gasteiger partial charge in [-0.2, -0.15) is 5.10 Å². The quantitative estimate of drug-likeness (QED) is 0.822. The van der Waals surface area contributed by atoms with Crippen molar-refractivity contribution in [2.24, 2.45) is 17.6 Å². The molecule has 6 nitrogen and oxygen atoms in total. The van der Waals surface area contributed by atoms with Gasteiger partial charge in [0.25, 0.3) is 0 Å². The lowest BCUT2D eigenvalue weighted by Gasteiger charge is -2.40. The van der Waals surface area contributed by atoms with E-state index < -0.39 is 6.04 Å². The highest BCUT2D eigenvalue weighted by atomic mass is 35.5. The van der Waals surface area contributed by atoms with Crippen LogP contribution in [0.5, 0.6) is 0 Å². The van der Waals surface area contributed by atoms with Gasteiger partial charge in [-0.05, 0) is 81.8 Å². The fourth-order valence-electron chi connectivity index (χ4n) is 4.86. The predicted molar refractivity (Wildman–Crippen MR) is 112 cm³/mol. The number of carbonyl (C=O) groups excluding carboxylic acids is 1. The zero-order valence-electron chi connectivity index (χ0n) is 16.5. The largest absolute Gasteiger partial charge is 0.341 e. The van der Waals surface area contributed by atoms with Crippen molar-refractivity contribution in [2.75, 3.05) is 33.2 Å². The van der Waals surface area contributed by atoms with Crippen LogP contribution >= 0.6 is 11.6 Å². The van der Waals surface area contributed by atoms with Crippen LogP contribution in [-0.2, 0) is 11.2 Å². The first-order chi connectivity index (χ1) is 13.5. The van der Waals surface area contributed by atoms with Crippen LogP contribution in [0, 0.1) is 11.8 Å². The number of aromatic amines is 1. The van der Waals surface area contributed by atoms with E-state index in [0.29, 0.717) is 11.4 Å². The monoisotopic (exact) mass is 403 g/mol. The standard InChI is InChI=1S/C21H30ClN5O/c1-26-6-2-15(3-7-26)16-4-8-27(9-5-16)21(28)19(23)12-14-10-17-13-24-25-20(17)18(22)11-14/h10-11,13,15-16,19H,2-9,12,23H2,1H3,(H,24,25). The topological polar surface area (TPSA) is 78.2 Å². The maximum absolute atomic E-state index is 12.9. The number of halogens is 1. The third-order valence-electron chi connectivity index (χ3n) is 6.61. The molecular formula is C21H30ClN5O. The lowest BCUT2D eigenvalue weighted by atomic mass is 9.79. The predicted octanol–water partition coefficient (Wildman–Crippen LogP) is 2.67. The number of H-pyrrole nitrogens is 1. The van der Waals surface area contributed by atoms with Crippen molar-refractivity contribution < 1.29 is 4.79 Å². The molecule has 0 spiro atoms. The molecule has 3 heterocycles. The lowest BCUT2D eigenvalue weighted by molar-refractivity contribution is -0.134. The summed E-state index contributed by atoms with van der Waals surface area (Å²) in [7, 11) is 2.20. The molecule has 1 amide bonds. The molecule has 7 heteroatoms. The van der Waals surface area contributed by atoms with Crippen molar-refractivity contribution in [3.8, 4) is 0 Å². The summed E-state index contributed by atoms with van der Waals surface area (Å²) in [6.45, 7) is 4.09. The van der Waals surface area contributed by atoms with Crippen LogP contribution in [0.25, 0.3) is 10.9 Å². The number of nitrogens with zero attached hydrogens (tertiary/aromatic N) is 3. The zero-order valence-corrected chi connectivity index (χ0v) is 17.3. The summed E-state index contributed by atoms with van der Waals surface area (Å²) in [5, 5.41) is 8.47. The van der Waals surface area contributed by atoms with Crippen molar-refractivity contribution >= 4 is 28.4 Å². The maximum Gasteiger partial charge on any atom is 0.239 e. The van der Waals surface area contributed by atoms with Crippen LogP contribution in [0.15, 0.2) is 18.3 Å². The van der Waals surface area contributed by atoms with Crippen molar-refractivity contribution in [3.63, 3.8) is 0 Å². The van der Waals surface area contributed by atoms with Gasteiger partial charge < -0.3 is 15.5 Å². The molecule has 2 saturated heterocycles. The Morgan fingerprint density at radius 1 is 1.21 bits per heavy atom. The molecule has 2 fully saturated rings. The highest BCUT2D eigenvalue weighted by molar-refractivity contribution is 6.35. The Labute approximate surface area is 171 Å². The molecule has 4 rings (SSSR count). The van der Waals surface area contributed by atoms with Crippen LogP contribution in [0.3, 0.4) is 0 Å². The first-order valence-electron chi connectivity index (χ1n) is 10.4. The number of fused-ring (bicyclic) bond motifs is 1. The molecule has 1 aromatic carbocycles. The highest BCUT2D eigenvalue weighted by Gasteiger charge is 2.31. The molecule has 28 heavy (non-hydrogen) atoms. The third kappa shape index (κ3) is 4.19. The average Bonchev–Trinajstić information content (AvgIpc) is 3.17. The molecule has 152 valence electrons. The molecule has 0 radical (unpaired) electrons. The van der Waals surface area contributed by atoms with Crippen LogP contribution in [-0.4, -0.2) is 65.2 Å². The number of amides is 1. The number of hydrogen-bond donors (Lipinski definition) is 2. The van der Waals surface area contributed by atoms with Gasteiger partial charge in [0.1, 0.15) is 0 Å². The molecule has 3 N–H and O–H groups in total. The summed E-state index contributed by atoms with van der Waals surface area (Å²) >= 11 is 6.30. The van der Waals surface area contributed by atoms with Gasteiger partial charge in [0.05, 0.1) is 22.8 Å². The first-order valence-corrected chi connectivity index (χ1v) is 10.7. The van der Waals surface area contributed by atoms with Gasteiger partial charge in [0.15, 0.2) is 0 Å². The van der Waals surface area contributed by atoms with Crippen molar-refractivity contribution in [1.82, 2.24) is 20.0 Å². The van der Waals surface area contributed by atoms with Crippen molar-refractivity contribution in [3.05, 3.63) is 28.9 Å². The van der Waals surface area contributed by atoms with Crippen molar-refractivity contribution in [1.29, 1.82) is 0 Å². The first kappa shape index (κ1) is 19.7. The molecule has 0 aliphatic carbocycles. The minimum absolute atomic E-state index is 0.0604. The number of likely N-dealkylation sites (tertiary alicyclic amines) is 2. The van der Waals surface area contributed by atoms with E-state index in [4.69, 9.17) is 17.3 Å². The molecule has 1 atom stereocenters. The van der Waals surface area contributed by atoms with Gasteiger partial charge in [0.2, 0.25) is 5.91 Å². The van der Waals surface area contributed by atoms with E-state index in [9.17, 15) is 4.79 Å². The Balaban J connectivity index is 1.31. The van der Waals surface area contributed by atoms with Gasteiger partial charge >= 0.3 is 0 Å². The molecule has 2 aliphatic rings. The third-order valence-corrected chi connectivity index (χ3v) is 6.91. The Morgan fingerprint density at radius 2 is 1.86 bits per heavy atom. The summed E-state index contributed by atoms with van der Waals surface area (Å²) in [5.74, 6) is 1.65. The number of benzene rings is 1. The van der Waals surface area contributed by atoms with Crippen LogP contribution < -0.4 is 5.73 Å². The zero-order chi connectivity index (χ0) is 19.7. The minimum Gasteiger partial charge on any atom is -0.341 e. The summed E-state index contributed by atoms with van der Waals surface area (Å²) in [4.78, 5) is 17.3. The van der Waals surface area contributed by atoms with Gasteiger partial charge in [-0.25, -0.2) is 0 Å². The maximum atomic E-state index is 12.9. The number of hydrogen-bond acceptors (Lipinski definition) is 4. The average molecular weight is 404 g/mol. The van der Waals surface area contributed by atoms with Crippen LogP contribution in [0.2, 0.25) is 5.02 Å². The highest BCUT2D eigenvalue weighted by Crippen LogP contribution is 2.32. The second kappa shape index (κ2) is 8.39. The van der Waals surface area contributed by atoms with E-state index in [1.807, 2.05) is 17.0 Å². The number of aromatic nitrogens is 2. The fourth-order valence-corrected chi connectivity index (χ4v) is 5.15. The summed E-state index contributed by atoms with van der Waals surface area (Å²) in [6, 6.07) is 3.35. The Bertz CT molecular complexity index is 821. The van der Waals surface area contributed by atoms with Gasteiger partial charge in [-0.1, -0.05) is 11.6 Å². The smallest absolute Gasteiger partial charge is 0.239 e. The molecular weight excluding hydrogens is 374 g/mol. The normalized spacial score (nSPS) is 21.3. The molecule has 0 saturated carbocycles. The van der Waals surface area contributed by atoms with E-state index in [-0.39, 0.29) is 5.91 Å². The van der Waals surface area contributed by atoms with Crippen LogP contribution in [0.1, 0.15) is 31.2 Å². The summed E-state index contributed by atoms with van der Waals surface area (Å²) in [6.07, 6.45) is 7.05. The second-order valence-corrected chi connectivity index (χ2v) is 8.93. The van der Waals surface area contributed by atoms with E-state index in [0.717, 1.165) is 54.2 Å². The number of rotatable bonds is 4. The molecule has 2 aromatic rings. The summed E-state index contributed by atoms with van der Waals surface area (Å²) in [5.41, 5.74) is 8.07. The molecule has 1 aromatic heterocycles. The Kier molecular flexibility index (Phi) is 5.90. The van der Waals surface area contributed by atoms with E-state index in [1.165, 1.54) is 25.9 Å². The number of piperidine rings is 2. The molecule has 2 aliphatic heterocycles. The van der Waals surface area contributed by atoms with Crippen molar-refractivity contribution in [2.45, 2.75) is 38.1 Å². The van der Waals surface area contributed by atoms with Gasteiger partial charge in [-0.15, -0.1) is 0 Å². The van der Waals surface area contributed by atoms with Crippen LogP contribution in [0.4, 0.5) is 0 Å². The summed E-state index contributed by atoms with van der Waals surface area (Å²) < 4.78 is 0. The molecule has 1 unspecified atom stereocenters. The Morgan fingerprint density at radius 3 is 2.54 bits per heavy atom. The van der Waals surface area contributed by atoms with E-state index >= 15 is 0 Å². The molecule has 0 bridgehead atoms. The fraction of sp³-hybridized carbons (Fsp3) is 0.619. The van der Waals surface area contributed by atoms with E-state index in [1.54, 1.807) is 6.20 Å². The van der Waals surface area contributed by atoms with E-state index in [2.05, 4.69) is 22.1 Å². The second-order valence-electron chi connectivity index (χ2n) is 8.53. The lowest BCUT2D eigenvalue weighted by Crippen LogP contribution is -2.49. The SMILES string of the molecule is CN1CCC(C2CCN(C(=O)C(N)Cc3cc(Cl)c4[nH]ncc4c3)CC2)CC1. The number of nitrogens with one attached hydrogen (secondary N) is 1. The van der Waals surface area contributed by atoms with Gasteiger partial charge in [-0.3, -0.25) is 9.89 Å². The minimum atomic E-state index is -0.528. The van der Waals surface area contributed by atoms with Gasteiger partial charge in [0, 0.05) is 18.5 Å². The number of carbonyl (C=O) groups is 1.